The third kappa shape index (κ3) is 4.70. The van der Waals surface area contributed by atoms with Crippen molar-refractivity contribution < 1.29 is 14.7 Å². The number of aliphatic carboxylic acids is 1. The quantitative estimate of drug-likeness (QED) is 0.602. The van der Waals surface area contributed by atoms with Crippen LogP contribution >= 0.6 is 0 Å². The monoisotopic (exact) mass is 356 g/mol. The van der Waals surface area contributed by atoms with Crippen LogP contribution < -0.4 is 10.6 Å². The number of nitrogens with one attached hydrogen (secondary N) is 3. The molecule has 2 aromatic rings. The van der Waals surface area contributed by atoms with Crippen molar-refractivity contribution in [3.05, 3.63) is 53.6 Å². The Labute approximate surface area is 152 Å². The Balaban J connectivity index is 1.70. The lowest BCUT2D eigenvalue weighted by Crippen LogP contribution is -2.56. The molecule has 0 radical (unpaired) electrons. The number of H-pyrrole nitrogens is 1. The second kappa shape index (κ2) is 8.14. The molecule has 0 atom stereocenters. The predicted molar refractivity (Wildman–Crippen MR) is 97.0 cm³/mol. The molecule has 138 valence electrons. The molecular formula is C19H24N4O3. The Morgan fingerprint density at radius 2 is 1.92 bits per heavy atom. The Kier molecular flexibility index (Phi) is 5.68. The molecule has 0 aliphatic carbocycles. The SMILES string of the molecule is O=C(O)CCc1cnc(C(=O)NC2(Cc3ccccc3)CCNCC2)[nH]1. The second-order valence-corrected chi connectivity index (χ2v) is 6.80. The van der Waals surface area contributed by atoms with Gasteiger partial charge in [-0.05, 0) is 44.3 Å². The Bertz CT molecular complexity index is 751. The zero-order valence-electron chi connectivity index (χ0n) is 14.6. The van der Waals surface area contributed by atoms with Crippen LogP contribution in [0, 0.1) is 0 Å². The first-order chi connectivity index (χ1) is 12.6. The van der Waals surface area contributed by atoms with Crippen LogP contribution in [0.1, 0.15) is 41.1 Å². The van der Waals surface area contributed by atoms with Crippen LogP contribution in [0.15, 0.2) is 36.5 Å². The lowest BCUT2D eigenvalue weighted by molar-refractivity contribution is -0.136. The Morgan fingerprint density at radius 1 is 1.19 bits per heavy atom. The van der Waals surface area contributed by atoms with E-state index >= 15 is 0 Å². The summed E-state index contributed by atoms with van der Waals surface area (Å²) in [5.41, 5.74) is 1.54. The molecule has 7 nitrogen and oxygen atoms in total. The van der Waals surface area contributed by atoms with Crippen molar-refractivity contribution in [2.45, 2.75) is 37.6 Å². The van der Waals surface area contributed by atoms with E-state index in [0.717, 1.165) is 32.4 Å². The number of piperidine rings is 1. The summed E-state index contributed by atoms with van der Waals surface area (Å²) in [7, 11) is 0. The first-order valence-corrected chi connectivity index (χ1v) is 8.89. The van der Waals surface area contributed by atoms with Gasteiger partial charge in [-0.15, -0.1) is 0 Å². The van der Waals surface area contributed by atoms with Gasteiger partial charge in [0.05, 0.1) is 6.42 Å². The summed E-state index contributed by atoms with van der Waals surface area (Å²) in [6.45, 7) is 1.71. The molecule has 7 heteroatoms. The number of carbonyl (C=O) groups excluding carboxylic acids is 1. The van der Waals surface area contributed by atoms with Gasteiger partial charge in [-0.3, -0.25) is 9.59 Å². The predicted octanol–water partition coefficient (Wildman–Crippen LogP) is 1.52. The van der Waals surface area contributed by atoms with E-state index in [1.165, 1.54) is 11.8 Å². The minimum absolute atomic E-state index is 0.00681. The van der Waals surface area contributed by atoms with E-state index in [1.807, 2.05) is 18.2 Å². The molecule has 0 saturated carbocycles. The smallest absolute Gasteiger partial charge is 0.303 e. The maximum absolute atomic E-state index is 12.7. The lowest BCUT2D eigenvalue weighted by Gasteiger charge is -2.38. The van der Waals surface area contributed by atoms with Crippen LogP contribution in [0.2, 0.25) is 0 Å². The van der Waals surface area contributed by atoms with Gasteiger partial charge >= 0.3 is 5.97 Å². The van der Waals surface area contributed by atoms with Crippen LogP contribution in [0.4, 0.5) is 0 Å². The highest BCUT2D eigenvalue weighted by Gasteiger charge is 2.34. The van der Waals surface area contributed by atoms with Gasteiger partial charge in [-0.2, -0.15) is 0 Å². The minimum atomic E-state index is -0.873. The molecule has 1 aliphatic heterocycles. The summed E-state index contributed by atoms with van der Waals surface area (Å²) in [5, 5.41) is 15.3. The number of imidazole rings is 1. The molecule has 0 spiro atoms. The number of amides is 1. The molecule has 1 aromatic heterocycles. The molecule has 2 heterocycles. The standard InChI is InChI=1S/C19H24N4O3/c24-16(25)7-6-15-13-21-17(22-15)18(26)23-19(8-10-20-11-9-19)12-14-4-2-1-3-5-14/h1-5,13,20H,6-12H2,(H,21,22)(H,23,26)(H,24,25). The number of nitrogens with zero attached hydrogens (tertiary/aromatic N) is 1. The van der Waals surface area contributed by atoms with Crippen molar-refractivity contribution in [1.82, 2.24) is 20.6 Å². The number of hydrogen-bond acceptors (Lipinski definition) is 4. The van der Waals surface area contributed by atoms with Crippen molar-refractivity contribution in [3.63, 3.8) is 0 Å². The zero-order valence-corrected chi connectivity index (χ0v) is 14.6. The van der Waals surface area contributed by atoms with Gasteiger partial charge in [0.25, 0.3) is 5.91 Å². The summed E-state index contributed by atoms with van der Waals surface area (Å²) >= 11 is 0. The summed E-state index contributed by atoms with van der Waals surface area (Å²) < 4.78 is 0. The fraction of sp³-hybridized carbons (Fsp3) is 0.421. The fourth-order valence-electron chi connectivity index (χ4n) is 3.38. The first-order valence-electron chi connectivity index (χ1n) is 8.89. The van der Waals surface area contributed by atoms with Gasteiger partial charge in [-0.25, -0.2) is 4.98 Å². The molecule has 0 unspecified atom stereocenters. The number of hydrogen-bond donors (Lipinski definition) is 4. The topological polar surface area (TPSA) is 107 Å². The fourth-order valence-corrected chi connectivity index (χ4v) is 3.38. The van der Waals surface area contributed by atoms with E-state index in [4.69, 9.17) is 5.11 Å². The average molecular weight is 356 g/mol. The molecule has 3 rings (SSSR count). The first kappa shape index (κ1) is 18.1. The number of aryl methyl sites for hydroxylation is 1. The molecular weight excluding hydrogens is 332 g/mol. The van der Waals surface area contributed by atoms with Crippen LogP contribution in [0.25, 0.3) is 0 Å². The molecule has 1 amide bonds. The van der Waals surface area contributed by atoms with Crippen LogP contribution in [-0.2, 0) is 17.6 Å². The van der Waals surface area contributed by atoms with Gasteiger partial charge in [0, 0.05) is 17.4 Å². The molecule has 1 fully saturated rings. The second-order valence-electron chi connectivity index (χ2n) is 6.80. The van der Waals surface area contributed by atoms with E-state index in [-0.39, 0.29) is 23.7 Å². The maximum Gasteiger partial charge on any atom is 0.303 e. The van der Waals surface area contributed by atoms with Crippen LogP contribution in [0.5, 0.6) is 0 Å². The summed E-state index contributed by atoms with van der Waals surface area (Å²) in [6.07, 6.45) is 4.33. The lowest BCUT2D eigenvalue weighted by atomic mass is 9.82. The van der Waals surface area contributed by atoms with Crippen molar-refractivity contribution in [3.8, 4) is 0 Å². The third-order valence-electron chi connectivity index (χ3n) is 4.78. The number of aromatic nitrogens is 2. The highest BCUT2D eigenvalue weighted by Crippen LogP contribution is 2.24. The Morgan fingerprint density at radius 3 is 2.62 bits per heavy atom. The van der Waals surface area contributed by atoms with Crippen molar-refractivity contribution in [1.29, 1.82) is 0 Å². The van der Waals surface area contributed by atoms with Gasteiger partial charge in [0.2, 0.25) is 0 Å². The maximum atomic E-state index is 12.7. The zero-order chi connectivity index (χ0) is 18.4. The number of carboxylic acid groups (broad SMARTS) is 1. The summed E-state index contributed by atoms with van der Waals surface area (Å²) in [4.78, 5) is 30.4. The number of carboxylic acids is 1. The van der Waals surface area contributed by atoms with E-state index in [9.17, 15) is 9.59 Å². The molecule has 1 aliphatic rings. The van der Waals surface area contributed by atoms with Crippen LogP contribution in [0.3, 0.4) is 0 Å². The summed E-state index contributed by atoms with van der Waals surface area (Å²) in [5.74, 6) is -0.886. The van der Waals surface area contributed by atoms with Gasteiger partial charge < -0.3 is 20.7 Å². The number of benzene rings is 1. The van der Waals surface area contributed by atoms with Crippen molar-refractivity contribution in [2.75, 3.05) is 13.1 Å². The van der Waals surface area contributed by atoms with E-state index in [2.05, 4.69) is 32.7 Å². The van der Waals surface area contributed by atoms with Crippen LogP contribution in [-0.4, -0.2) is 45.6 Å². The van der Waals surface area contributed by atoms with E-state index in [0.29, 0.717) is 12.1 Å². The average Bonchev–Trinajstić information content (AvgIpc) is 3.11. The minimum Gasteiger partial charge on any atom is -0.481 e. The molecule has 1 saturated heterocycles. The van der Waals surface area contributed by atoms with E-state index in [1.54, 1.807) is 0 Å². The molecule has 26 heavy (non-hydrogen) atoms. The van der Waals surface area contributed by atoms with Gasteiger partial charge in [-0.1, -0.05) is 30.3 Å². The highest BCUT2D eigenvalue weighted by atomic mass is 16.4. The molecule has 4 N–H and O–H groups in total. The number of aromatic amines is 1. The molecule has 0 bridgehead atoms. The van der Waals surface area contributed by atoms with Gasteiger partial charge in [0.15, 0.2) is 5.82 Å². The summed E-state index contributed by atoms with van der Waals surface area (Å²) in [6, 6.07) is 10.2. The van der Waals surface area contributed by atoms with Crippen molar-refractivity contribution >= 4 is 11.9 Å². The highest BCUT2D eigenvalue weighted by molar-refractivity contribution is 5.91. The molecule has 1 aromatic carbocycles. The van der Waals surface area contributed by atoms with Crippen molar-refractivity contribution in [2.24, 2.45) is 0 Å². The number of rotatable bonds is 7. The third-order valence-corrected chi connectivity index (χ3v) is 4.78. The van der Waals surface area contributed by atoms with Gasteiger partial charge in [0.1, 0.15) is 0 Å². The van der Waals surface area contributed by atoms with E-state index < -0.39 is 5.97 Å². The Hall–Kier alpha value is -2.67. The number of carbonyl (C=O) groups is 2. The largest absolute Gasteiger partial charge is 0.481 e. The normalized spacial score (nSPS) is 16.2.